The first-order chi connectivity index (χ1) is 14.5. The van der Waals surface area contributed by atoms with Gasteiger partial charge in [0.2, 0.25) is 17.7 Å². The van der Waals surface area contributed by atoms with Gasteiger partial charge in [-0.25, -0.2) is 0 Å². The minimum absolute atomic E-state index is 0.119. The molecule has 3 amide bonds. The summed E-state index contributed by atoms with van der Waals surface area (Å²) in [5.41, 5.74) is 2.46. The van der Waals surface area contributed by atoms with Crippen molar-refractivity contribution in [3.05, 3.63) is 65.7 Å². The van der Waals surface area contributed by atoms with E-state index in [0.29, 0.717) is 6.54 Å². The topological polar surface area (TPSA) is 99.3 Å². The first kappa shape index (κ1) is 21.9. The van der Waals surface area contributed by atoms with Crippen LogP contribution in [-0.2, 0) is 20.9 Å². The zero-order valence-corrected chi connectivity index (χ0v) is 17.6. The summed E-state index contributed by atoms with van der Waals surface area (Å²) in [6, 6.07) is 16.9. The highest BCUT2D eigenvalue weighted by Gasteiger charge is 2.28. The lowest BCUT2D eigenvalue weighted by atomic mass is 10.1. The highest BCUT2D eigenvalue weighted by Crippen LogP contribution is 2.15. The molecule has 30 heavy (non-hydrogen) atoms. The lowest BCUT2D eigenvalue weighted by molar-refractivity contribution is -0.125. The molecule has 1 aliphatic rings. The van der Waals surface area contributed by atoms with Crippen LogP contribution in [0.4, 0.5) is 5.69 Å². The van der Waals surface area contributed by atoms with Crippen LogP contribution in [0.3, 0.4) is 0 Å². The molecule has 0 radical (unpaired) electrons. The first-order valence-electron chi connectivity index (χ1n) is 9.82. The molecule has 158 valence electrons. The van der Waals surface area contributed by atoms with Gasteiger partial charge < -0.3 is 16.0 Å². The predicted octanol–water partition coefficient (Wildman–Crippen LogP) is 2.13. The zero-order chi connectivity index (χ0) is 21.3. The van der Waals surface area contributed by atoms with Crippen molar-refractivity contribution in [1.82, 2.24) is 16.0 Å². The number of carbonyl (C=O) groups excluding carboxylic acids is 3. The Morgan fingerprint density at radius 2 is 1.80 bits per heavy atom. The second-order valence-electron chi connectivity index (χ2n) is 7.21. The molecule has 2 aromatic carbocycles. The Morgan fingerprint density at radius 1 is 1.07 bits per heavy atom. The van der Waals surface area contributed by atoms with Crippen LogP contribution < -0.4 is 21.3 Å². The third-order valence-electron chi connectivity index (χ3n) is 4.59. The van der Waals surface area contributed by atoms with Crippen LogP contribution in [0.2, 0.25) is 0 Å². The van der Waals surface area contributed by atoms with Crippen LogP contribution >= 0.6 is 11.8 Å². The summed E-state index contributed by atoms with van der Waals surface area (Å²) in [6.07, 6.45) is 0.429. The number of rotatable bonds is 8. The van der Waals surface area contributed by atoms with Crippen molar-refractivity contribution in [2.24, 2.45) is 0 Å². The van der Waals surface area contributed by atoms with E-state index in [2.05, 4.69) is 21.3 Å². The molecule has 1 aliphatic heterocycles. The van der Waals surface area contributed by atoms with Crippen LogP contribution in [0.1, 0.15) is 24.0 Å². The number of thioether (sulfide) groups is 1. The molecule has 4 N–H and O–H groups in total. The van der Waals surface area contributed by atoms with E-state index in [9.17, 15) is 14.4 Å². The van der Waals surface area contributed by atoms with Crippen LogP contribution in [0.25, 0.3) is 0 Å². The summed E-state index contributed by atoms with van der Waals surface area (Å²) in [7, 11) is 0. The number of hydrogen-bond donors (Lipinski definition) is 4. The van der Waals surface area contributed by atoms with Gasteiger partial charge >= 0.3 is 0 Å². The Bertz CT molecular complexity index is 874. The van der Waals surface area contributed by atoms with Crippen molar-refractivity contribution >= 4 is 35.2 Å². The zero-order valence-electron chi connectivity index (χ0n) is 16.8. The SMILES string of the molecule is Cc1ccc(NC(=O)CSC2NC(=O)CC(CC(=O)NCc3ccccc3)N2)cc1. The molecular formula is C22H26N4O3S. The van der Waals surface area contributed by atoms with Gasteiger partial charge in [0.1, 0.15) is 5.50 Å². The van der Waals surface area contributed by atoms with Gasteiger partial charge in [-0.3, -0.25) is 19.7 Å². The van der Waals surface area contributed by atoms with Gasteiger partial charge in [0, 0.05) is 31.1 Å². The summed E-state index contributed by atoms with van der Waals surface area (Å²) < 4.78 is 0. The normalized spacial score (nSPS) is 18.4. The van der Waals surface area contributed by atoms with Gasteiger partial charge in [0.05, 0.1) is 5.75 Å². The fourth-order valence-electron chi connectivity index (χ4n) is 3.05. The number of amides is 3. The Morgan fingerprint density at radius 3 is 2.53 bits per heavy atom. The highest BCUT2D eigenvalue weighted by molar-refractivity contribution is 8.00. The summed E-state index contributed by atoms with van der Waals surface area (Å²) in [5.74, 6) is -0.223. The maximum atomic E-state index is 12.2. The average molecular weight is 427 g/mol. The number of aryl methyl sites for hydroxylation is 1. The van der Waals surface area contributed by atoms with Crippen LogP contribution in [-0.4, -0.2) is 35.0 Å². The van der Waals surface area contributed by atoms with Crippen LogP contribution in [0, 0.1) is 6.92 Å². The molecule has 3 rings (SSSR count). The van der Waals surface area contributed by atoms with Crippen molar-refractivity contribution in [3.8, 4) is 0 Å². The van der Waals surface area contributed by atoms with E-state index in [1.54, 1.807) is 0 Å². The Hall–Kier alpha value is -2.84. The van der Waals surface area contributed by atoms with E-state index >= 15 is 0 Å². The molecule has 2 unspecified atom stereocenters. The van der Waals surface area contributed by atoms with Gasteiger partial charge in [0.15, 0.2) is 0 Å². The largest absolute Gasteiger partial charge is 0.352 e. The molecule has 2 aromatic rings. The molecular weight excluding hydrogens is 400 g/mol. The van der Waals surface area contributed by atoms with Crippen LogP contribution in [0.15, 0.2) is 54.6 Å². The fourth-order valence-corrected chi connectivity index (χ4v) is 3.94. The quantitative estimate of drug-likeness (QED) is 0.518. The summed E-state index contributed by atoms with van der Waals surface area (Å²) in [6.45, 7) is 2.44. The van der Waals surface area contributed by atoms with Crippen LogP contribution in [0.5, 0.6) is 0 Å². The molecule has 0 bridgehead atoms. The monoisotopic (exact) mass is 426 g/mol. The van der Waals surface area contributed by atoms with E-state index in [1.807, 2.05) is 61.5 Å². The summed E-state index contributed by atoms with van der Waals surface area (Å²) in [4.78, 5) is 36.4. The molecule has 8 heteroatoms. The van der Waals surface area contributed by atoms with Crippen molar-refractivity contribution in [3.63, 3.8) is 0 Å². The third kappa shape index (κ3) is 7.20. The standard InChI is InChI=1S/C22H26N4O3S/c1-15-7-9-17(10-8-15)24-21(29)14-30-22-25-18(12-20(28)26-22)11-19(27)23-13-16-5-3-2-4-6-16/h2-10,18,22,25H,11-14H2,1H3,(H,23,27)(H,24,29)(H,26,28). The van der Waals surface area contributed by atoms with Gasteiger partial charge in [-0.15, -0.1) is 11.8 Å². The molecule has 1 heterocycles. The maximum absolute atomic E-state index is 12.2. The molecule has 2 atom stereocenters. The predicted molar refractivity (Wildman–Crippen MR) is 119 cm³/mol. The smallest absolute Gasteiger partial charge is 0.234 e. The Labute approximate surface area is 180 Å². The summed E-state index contributed by atoms with van der Waals surface area (Å²) >= 11 is 1.29. The second-order valence-corrected chi connectivity index (χ2v) is 8.30. The van der Waals surface area contributed by atoms with Crippen molar-refractivity contribution in [1.29, 1.82) is 0 Å². The van der Waals surface area contributed by atoms with Gasteiger partial charge in [-0.05, 0) is 24.6 Å². The highest BCUT2D eigenvalue weighted by atomic mass is 32.2. The summed E-state index contributed by atoms with van der Waals surface area (Å²) in [5, 5.41) is 11.7. The number of benzene rings is 2. The second kappa shape index (κ2) is 10.8. The Kier molecular flexibility index (Phi) is 7.87. The van der Waals surface area contributed by atoms with E-state index in [-0.39, 0.29) is 42.4 Å². The van der Waals surface area contributed by atoms with Crippen molar-refractivity contribution < 1.29 is 14.4 Å². The number of anilines is 1. The van der Waals surface area contributed by atoms with Gasteiger partial charge in [-0.2, -0.15) is 0 Å². The molecule has 7 nitrogen and oxygen atoms in total. The van der Waals surface area contributed by atoms with E-state index in [4.69, 9.17) is 0 Å². The van der Waals surface area contributed by atoms with E-state index < -0.39 is 5.50 Å². The molecule has 1 saturated heterocycles. The number of hydrogen-bond acceptors (Lipinski definition) is 5. The fraction of sp³-hybridized carbons (Fsp3) is 0.318. The molecule has 0 aliphatic carbocycles. The maximum Gasteiger partial charge on any atom is 0.234 e. The lowest BCUT2D eigenvalue weighted by Gasteiger charge is -2.30. The van der Waals surface area contributed by atoms with E-state index in [1.165, 1.54) is 11.8 Å². The van der Waals surface area contributed by atoms with Gasteiger partial charge in [0.25, 0.3) is 0 Å². The van der Waals surface area contributed by atoms with Gasteiger partial charge in [-0.1, -0.05) is 48.0 Å². The van der Waals surface area contributed by atoms with Crippen molar-refractivity contribution in [2.75, 3.05) is 11.1 Å². The molecule has 0 spiro atoms. The molecule has 1 fully saturated rings. The first-order valence-corrected chi connectivity index (χ1v) is 10.9. The third-order valence-corrected chi connectivity index (χ3v) is 5.61. The Balaban J connectivity index is 1.41. The molecule has 0 aromatic heterocycles. The van der Waals surface area contributed by atoms with E-state index in [0.717, 1.165) is 16.8 Å². The molecule has 0 saturated carbocycles. The van der Waals surface area contributed by atoms with Crippen molar-refractivity contribution in [2.45, 2.75) is 37.8 Å². The number of nitrogens with one attached hydrogen (secondary N) is 4. The minimum atomic E-state index is -0.415. The average Bonchev–Trinajstić information content (AvgIpc) is 2.73. The minimum Gasteiger partial charge on any atom is -0.352 e. The number of carbonyl (C=O) groups is 3. The lowest BCUT2D eigenvalue weighted by Crippen LogP contribution is -2.56.